The molecule has 0 atom stereocenters. The van der Waals surface area contributed by atoms with Crippen LogP contribution in [0.2, 0.25) is 5.02 Å². The summed E-state index contributed by atoms with van der Waals surface area (Å²) in [6.07, 6.45) is 1.62. The Hall–Kier alpha value is -2.26. The fraction of sp³-hybridized carbons (Fsp3) is 0.211. The number of aliphatic carboxylic acids is 1. The van der Waals surface area contributed by atoms with Gasteiger partial charge in [-0.25, -0.2) is 4.79 Å². The Bertz CT molecular complexity index is 748. The Morgan fingerprint density at radius 3 is 2.52 bits per heavy atom. The fourth-order valence-corrected chi connectivity index (χ4v) is 2.33. The van der Waals surface area contributed by atoms with Crippen LogP contribution in [0.5, 0.6) is 5.75 Å². The van der Waals surface area contributed by atoms with E-state index >= 15 is 0 Å². The summed E-state index contributed by atoms with van der Waals surface area (Å²) in [6.45, 7) is 5.73. The zero-order valence-corrected chi connectivity index (χ0v) is 14.1. The first-order chi connectivity index (χ1) is 10.9. The lowest BCUT2D eigenvalue weighted by Gasteiger charge is -2.13. The van der Waals surface area contributed by atoms with Crippen molar-refractivity contribution < 1.29 is 14.6 Å². The first-order valence-corrected chi connectivity index (χ1v) is 7.73. The summed E-state index contributed by atoms with van der Waals surface area (Å²) in [5, 5.41) is 10.1. The Labute approximate surface area is 141 Å². The molecular formula is C19H19ClO3. The molecule has 3 nitrogen and oxygen atoms in total. The smallest absolute Gasteiger partial charge is 0.336 e. The maximum atomic E-state index is 11.7. The van der Waals surface area contributed by atoms with E-state index in [0.717, 1.165) is 11.1 Å². The van der Waals surface area contributed by atoms with E-state index in [4.69, 9.17) is 16.3 Å². The third-order valence-corrected chi connectivity index (χ3v) is 3.70. The molecule has 120 valence electrons. The van der Waals surface area contributed by atoms with E-state index < -0.39 is 5.97 Å². The minimum atomic E-state index is -1.01. The van der Waals surface area contributed by atoms with Crippen LogP contribution in [-0.2, 0) is 4.79 Å². The molecule has 2 rings (SSSR count). The maximum Gasteiger partial charge on any atom is 0.336 e. The van der Waals surface area contributed by atoms with Gasteiger partial charge in [0.1, 0.15) is 5.75 Å². The van der Waals surface area contributed by atoms with Crippen molar-refractivity contribution in [3.05, 3.63) is 64.2 Å². The van der Waals surface area contributed by atoms with Gasteiger partial charge in [-0.05, 0) is 50.1 Å². The van der Waals surface area contributed by atoms with Crippen LogP contribution in [0.15, 0.2) is 42.5 Å². The summed E-state index contributed by atoms with van der Waals surface area (Å²) >= 11 is 6.12. The molecule has 0 radical (unpaired) electrons. The SMILES string of the molecule is Cc1ccc(/C(=C/c2ccccc2OC(C)C)C(=O)O)cc1Cl. The first-order valence-electron chi connectivity index (χ1n) is 7.35. The Morgan fingerprint density at radius 2 is 1.91 bits per heavy atom. The zero-order valence-electron chi connectivity index (χ0n) is 13.3. The summed E-state index contributed by atoms with van der Waals surface area (Å²) in [6, 6.07) is 12.6. The van der Waals surface area contributed by atoms with Gasteiger partial charge < -0.3 is 9.84 Å². The number of hydrogen-bond acceptors (Lipinski definition) is 2. The number of carbonyl (C=O) groups is 1. The van der Waals surface area contributed by atoms with Gasteiger partial charge >= 0.3 is 5.97 Å². The lowest BCUT2D eigenvalue weighted by molar-refractivity contribution is -0.130. The molecule has 0 unspecified atom stereocenters. The number of hydrogen-bond donors (Lipinski definition) is 1. The molecule has 0 aliphatic heterocycles. The molecule has 0 aromatic heterocycles. The number of rotatable bonds is 5. The highest BCUT2D eigenvalue weighted by molar-refractivity contribution is 6.32. The van der Waals surface area contributed by atoms with Gasteiger partial charge in [0, 0.05) is 10.6 Å². The van der Waals surface area contributed by atoms with Gasteiger partial charge in [0.05, 0.1) is 11.7 Å². The molecule has 2 aromatic carbocycles. The van der Waals surface area contributed by atoms with Crippen molar-refractivity contribution in [3.63, 3.8) is 0 Å². The van der Waals surface area contributed by atoms with Crippen molar-refractivity contribution in [3.8, 4) is 5.75 Å². The third kappa shape index (κ3) is 4.36. The minimum absolute atomic E-state index is 0.00615. The van der Waals surface area contributed by atoms with E-state index in [1.165, 1.54) is 0 Å². The molecule has 2 aromatic rings. The van der Waals surface area contributed by atoms with Crippen LogP contribution in [0.4, 0.5) is 0 Å². The molecule has 4 heteroatoms. The third-order valence-electron chi connectivity index (χ3n) is 3.29. The standard InChI is InChI=1S/C19H19ClO3/c1-12(2)23-18-7-5-4-6-15(18)10-16(19(21)22)14-9-8-13(3)17(20)11-14/h4-12H,1-3H3,(H,21,22)/b16-10-. The average molecular weight is 331 g/mol. The summed E-state index contributed by atoms with van der Waals surface area (Å²) in [7, 11) is 0. The highest BCUT2D eigenvalue weighted by Gasteiger charge is 2.13. The second-order valence-electron chi connectivity index (χ2n) is 5.53. The molecule has 0 spiro atoms. The molecule has 0 aliphatic rings. The first kappa shape index (κ1) is 17.1. The normalized spacial score (nSPS) is 11.6. The number of para-hydroxylation sites is 1. The van der Waals surface area contributed by atoms with Gasteiger partial charge in [-0.1, -0.05) is 41.9 Å². The monoisotopic (exact) mass is 330 g/mol. The predicted octanol–water partition coefficient (Wildman–Crippen LogP) is 5.06. The van der Waals surface area contributed by atoms with Gasteiger partial charge in [-0.15, -0.1) is 0 Å². The van der Waals surface area contributed by atoms with E-state index in [2.05, 4.69) is 0 Å². The molecule has 0 fully saturated rings. The molecule has 0 saturated carbocycles. The highest BCUT2D eigenvalue weighted by Crippen LogP contribution is 2.28. The molecule has 0 saturated heterocycles. The van der Waals surface area contributed by atoms with Crippen molar-refractivity contribution in [2.24, 2.45) is 0 Å². The van der Waals surface area contributed by atoms with Crippen molar-refractivity contribution in [2.75, 3.05) is 0 Å². The van der Waals surface area contributed by atoms with E-state index in [1.807, 2.05) is 51.1 Å². The average Bonchev–Trinajstić information content (AvgIpc) is 2.48. The Kier molecular flexibility index (Phi) is 5.45. The van der Waals surface area contributed by atoms with Gasteiger partial charge in [-0.3, -0.25) is 0 Å². The number of halogens is 1. The van der Waals surface area contributed by atoms with E-state index in [1.54, 1.807) is 18.2 Å². The van der Waals surface area contributed by atoms with Crippen molar-refractivity contribution >= 4 is 29.2 Å². The van der Waals surface area contributed by atoms with Gasteiger partial charge in [-0.2, -0.15) is 0 Å². The lowest BCUT2D eigenvalue weighted by atomic mass is 10.0. The lowest BCUT2D eigenvalue weighted by Crippen LogP contribution is -2.07. The number of aryl methyl sites for hydroxylation is 1. The van der Waals surface area contributed by atoms with E-state index in [0.29, 0.717) is 16.3 Å². The van der Waals surface area contributed by atoms with E-state index in [9.17, 15) is 9.90 Å². The summed E-state index contributed by atoms with van der Waals surface area (Å²) in [4.78, 5) is 11.7. The molecule has 0 bridgehead atoms. The predicted molar refractivity (Wildman–Crippen MR) is 93.9 cm³/mol. The van der Waals surface area contributed by atoms with E-state index in [-0.39, 0.29) is 11.7 Å². The molecule has 0 heterocycles. The van der Waals surface area contributed by atoms with Gasteiger partial charge in [0.25, 0.3) is 0 Å². The Morgan fingerprint density at radius 1 is 1.22 bits per heavy atom. The molecule has 23 heavy (non-hydrogen) atoms. The van der Waals surface area contributed by atoms with Crippen LogP contribution >= 0.6 is 11.6 Å². The summed E-state index contributed by atoms with van der Waals surface area (Å²) in [5.41, 5.74) is 2.36. The Balaban J connectivity index is 2.52. The van der Waals surface area contributed by atoms with Crippen LogP contribution in [-0.4, -0.2) is 17.2 Å². The summed E-state index contributed by atoms with van der Waals surface area (Å²) in [5.74, 6) is -0.358. The number of carboxylic acids is 1. The van der Waals surface area contributed by atoms with Crippen LogP contribution in [0.1, 0.15) is 30.5 Å². The van der Waals surface area contributed by atoms with Crippen LogP contribution in [0.3, 0.4) is 0 Å². The number of benzene rings is 2. The van der Waals surface area contributed by atoms with Crippen LogP contribution in [0.25, 0.3) is 11.6 Å². The zero-order chi connectivity index (χ0) is 17.0. The van der Waals surface area contributed by atoms with Gasteiger partial charge in [0.2, 0.25) is 0 Å². The quantitative estimate of drug-likeness (QED) is 0.615. The van der Waals surface area contributed by atoms with Crippen LogP contribution in [0, 0.1) is 6.92 Å². The maximum absolute atomic E-state index is 11.7. The van der Waals surface area contributed by atoms with Crippen LogP contribution < -0.4 is 4.74 Å². The molecule has 1 N–H and O–H groups in total. The minimum Gasteiger partial charge on any atom is -0.490 e. The second kappa shape index (κ2) is 7.34. The van der Waals surface area contributed by atoms with Gasteiger partial charge in [0.15, 0.2) is 0 Å². The second-order valence-corrected chi connectivity index (χ2v) is 5.94. The summed E-state index contributed by atoms with van der Waals surface area (Å²) < 4.78 is 5.74. The molecule has 0 amide bonds. The molecular weight excluding hydrogens is 312 g/mol. The largest absolute Gasteiger partial charge is 0.490 e. The topological polar surface area (TPSA) is 46.5 Å². The van der Waals surface area contributed by atoms with Crippen molar-refractivity contribution in [1.82, 2.24) is 0 Å². The molecule has 0 aliphatic carbocycles. The van der Waals surface area contributed by atoms with Crippen molar-refractivity contribution in [1.29, 1.82) is 0 Å². The highest BCUT2D eigenvalue weighted by atomic mass is 35.5. The number of carboxylic acid groups (broad SMARTS) is 1. The number of ether oxygens (including phenoxy) is 1. The fourth-order valence-electron chi connectivity index (χ4n) is 2.15. The van der Waals surface area contributed by atoms with Crippen molar-refractivity contribution in [2.45, 2.75) is 26.9 Å².